The van der Waals surface area contributed by atoms with Crippen molar-refractivity contribution in [3.05, 3.63) is 151 Å². The summed E-state index contributed by atoms with van der Waals surface area (Å²) < 4.78 is 0. The first kappa shape index (κ1) is 53.1. The van der Waals surface area contributed by atoms with Crippen molar-refractivity contribution in [2.24, 2.45) is 0 Å². The van der Waals surface area contributed by atoms with E-state index in [1.54, 1.807) is 0 Å². The van der Waals surface area contributed by atoms with Crippen LogP contribution < -0.4 is 0 Å². The van der Waals surface area contributed by atoms with Crippen LogP contribution in [0, 0.1) is 0 Å². The number of thiophene rings is 2. The third-order valence-corrected chi connectivity index (χ3v) is 18.3. The van der Waals surface area contributed by atoms with Gasteiger partial charge in [0.05, 0.1) is 27.1 Å². The van der Waals surface area contributed by atoms with Crippen LogP contribution in [0.25, 0.3) is 64.5 Å². The monoisotopic (exact) mass is 1020 g/mol. The van der Waals surface area contributed by atoms with Crippen LogP contribution in [0.3, 0.4) is 0 Å². The highest BCUT2D eigenvalue weighted by Gasteiger charge is 2.41. The van der Waals surface area contributed by atoms with E-state index in [-0.39, 0.29) is 5.41 Å². The first-order valence-corrected chi connectivity index (χ1v) is 29.2. The Labute approximate surface area is 449 Å². The predicted octanol–water partition coefficient (Wildman–Crippen LogP) is 20.4. The van der Waals surface area contributed by atoms with Crippen molar-refractivity contribution < 1.29 is 0 Å². The largest absolute Gasteiger partial charge is 0.361 e. The smallest absolute Gasteiger partial charge is 0.109 e. The van der Waals surface area contributed by atoms with Gasteiger partial charge in [0.15, 0.2) is 0 Å². The Morgan fingerprint density at radius 2 is 1.04 bits per heavy atom. The van der Waals surface area contributed by atoms with Gasteiger partial charge in [-0.25, -0.2) is 4.98 Å². The number of fused-ring (bicyclic) bond motifs is 12. The molecule has 0 atom stereocenters. The van der Waals surface area contributed by atoms with Gasteiger partial charge in [-0.05, 0) is 112 Å². The second kappa shape index (κ2) is 20.8. The van der Waals surface area contributed by atoms with Gasteiger partial charge in [0.25, 0.3) is 0 Å². The molecule has 0 amide bonds. The van der Waals surface area contributed by atoms with Gasteiger partial charge in [-0.1, -0.05) is 161 Å². The van der Waals surface area contributed by atoms with Crippen LogP contribution in [0.1, 0.15) is 238 Å². The molecule has 12 rings (SSSR count). The van der Waals surface area contributed by atoms with E-state index in [1.165, 1.54) is 114 Å². The molecule has 0 fully saturated rings. The highest BCUT2D eigenvalue weighted by Crippen LogP contribution is 2.52. The maximum absolute atomic E-state index is 4.85. The fraction of sp³-hybridized carbons (Fsp3) is 0.424. The van der Waals surface area contributed by atoms with E-state index in [0.717, 1.165) is 23.5 Å². The van der Waals surface area contributed by atoms with Crippen LogP contribution in [-0.2, 0) is 11.8 Å². The summed E-state index contributed by atoms with van der Waals surface area (Å²) >= 11 is 3.90. The van der Waals surface area contributed by atoms with Crippen LogP contribution in [0.2, 0.25) is 0 Å². The standard InChI is InChI=1S/C18H21N.C17H20N2.C16H22N2S.C15H19NS/c1-11(2)13-7-8-16-14(9-13)5-6-15-10-17(12(3)4)19-18(15)16;1-10(2)14-8-6-13-15(18-14)7-5-12-9-16(11(3)4)19-17(12)13;1-8(2)11-7-10-13(19-11)12-14(16(10,5)6)18-15(17-12)9(3)4;1-8(2)12-7-11-13(16-12)5-10-6-14(9(3)4)17-15(10)11/h5-12,19H,1-4H3;5-11,19H,1-4H3;7-9H,1-6H3,(H,17,18);6-9,16H,5H2,1-4H3. The van der Waals surface area contributed by atoms with Crippen molar-refractivity contribution in [1.29, 1.82) is 0 Å². The summed E-state index contributed by atoms with van der Waals surface area (Å²) in [6, 6.07) is 31.6. The number of imidazole rings is 1. The molecule has 0 saturated carbocycles. The highest BCUT2D eigenvalue weighted by atomic mass is 32.1. The van der Waals surface area contributed by atoms with Gasteiger partial charge in [0.1, 0.15) is 11.5 Å². The number of benzene rings is 3. The number of hydrogen-bond acceptors (Lipinski definition) is 4. The van der Waals surface area contributed by atoms with E-state index in [1.807, 2.05) is 22.7 Å². The van der Waals surface area contributed by atoms with E-state index in [2.05, 4.69) is 229 Å². The first-order chi connectivity index (χ1) is 35.0. The minimum Gasteiger partial charge on any atom is -0.361 e. The Morgan fingerprint density at radius 3 is 1.64 bits per heavy atom. The number of aromatic nitrogens is 6. The summed E-state index contributed by atoms with van der Waals surface area (Å²) in [5.74, 6) is 5.51. The van der Waals surface area contributed by atoms with Gasteiger partial charge in [0.2, 0.25) is 0 Å². The van der Waals surface area contributed by atoms with Crippen LogP contribution in [-0.4, -0.2) is 29.9 Å². The Morgan fingerprint density at radius 1 is 0.473 bits per heavy atom. The summed E-state index contributed by atoms with van der Waals surface area (Å²) in [7, 11) is 0. The fourth-order valence-corrected chi connectivity index (χ4v) is 12.9. The van der Waals surface area contributed by atoms with E-state index >= 15 is 0 Å². The van der Waals surface area contributed by atoms with Crippen molar-refractivity contribution in [1.82, 2.24) is 29.9 Å². The molecule has 0 bridgehead atoms. The van der Waals surface area contributed by atoms with Crippen LogP contribution in [0.15, 0.2) is 84.9 Å². The molecule has 0 unspecified atom stereocenters. The molecule has 388 valence electrons. The second-order valence-corrected chi connectivity index (χ2v) is 26.4. The van der Waals surface area contributed by atoms with Gasteiger partial charge < -0.3 is 19.9 Å². The molecule has 0 radical (unpaired) electrons. The highest BCUT2D eigenvalue weighted by molar-refractivity contribution is 7.16. The molecule has 0 spiro atoms. The number of nitrogens with one attached hydrogen (secondary N) is 4. The molecule has 7 aromatic heterocycles. The minimum absolute atomic E-state index is 0.0639. The lowest BCUT2D eigenvalue weighted by Gasteiger charge is -2.18. The maximum Gasteiger partial charge on any atom is 0.109 e. The summed E-state index contributed by atoms with van der Waals surface area (Å²) in [5.41, 5.74) is 18.5. The SMILES string of the molecule is CC(C)c1cc2c([nH]1)Cc1cc(C(C)C)sc1-2.CC(C)c1ccc2c(ccc3cc(C(C)C)[nH]c32)c1.CC(C)c1ccc2c(ccc3cc(C(C)C)[nH]c32)n1.CC(C)c1nc2c([nH]1)C(C)(C)c1cc(C(C)C)sc1-2. The van der Waals surface area contributed by atoms with Gasteiger partial charge in [-0.2, -0.15) is 0 Å². The molecule has 4 N–H and O–H groups in total. The van der Waals surface area contributed by atoms with Crippen molar-refractivity contribution in [2.45, 2.75) is 184 Å². The molecule has 0 aliphatic heterocycles. The van der Waals surface area contributed by atoms with Crippen molar-refractivity contribution in [3.8, 4) is 21.0 Å². The number of rotatable bonds is 8. The van der Waals surface area contributed by atoms with Crippen molar-refractivity contribution in [2.75, 3.05) is 0 Å². The van der Waals surface area contributed by atoms with E-state index in [9.17, 15) is 0 Å². The van der Waals surface area contributed by atoms with Crippen molar-refractivity contribution in [3.63, 3.8) is 0 Å². The van der Waals surface area contributed by atoms with Gasteiger partial charge >= 0.3 is 0 Å². The normalized spacial score (nSPS) is 13.5. The minimum atomic E-state index is 0.0639. The Kier molecular flexibility index (Phi) is 14.9. The second-order valence-electron chi connectivity index (χ2n) is 24.2. The molecule has 8 heteroatoms. The quantitative estimate of drug-likeness (QED) is 0.122. The van der Waals surface area contributed by atoms with Crippen LogP contribution in [0.5, 0.6) is 0 Å². The Balaban J connectivity index is 0.000000121. The molecule has 0 saturated heterocycles. The van der Waals surface area contributed by atoms with Gasteiger partial charge in [0, 0.05) is 88.0 Å². The molecule has 2 aliphatic rings. The fourth-order valence-electron chi connectivity index (χ4n) is 10.3. The van der Waals surface area contributed by atoms with Crippen molar-refractivity contribution >= 4 is 66.2 Å². The average molecular weight is 1020 g/mol. The summed E-state index contributed by atoms with van der Waals surface area (Å²) in [4.78, 5) is 29.8. The molecule has 10 aromatic rings. The maximum atomic E-state index is 4.85. The Bertz CT molecular complexity index is 3370. The van der Waals surface area contributed by atoms with Crippen LogP contribution in [0.4, 0.5) is 0 Å². The number of pyridine rings is 1. The zero-order valence-electron chi connectivity index (χ0n) is 47.6. The van der Waals surface area contributed by atoms with Crippen LogP contribution >= 0.6 is 22.7 Å². The first-order valence-electron chi connectivity index (χ1n) is 27.6. The molecule has 74 heavy (non-hydrogen) atoms. The molecule has 2 aliphatic carbocycles. The average Bonchev–Trinajstić information content (AvgIpc) is 4.21. The number of nitrogens with zero attached hydrogens (tertiary/aromatic N) is 2. The topological polar surface area (TPSA) is 88.9 Å². The predicted molar refractivity (Wildman–Crippen MR) is 323 cm³/mol. The van der Waals surface area contributed by atoms with Gasteiger partial charge in [-0.15, -0.1) is 22.7 Å². The Hall–Kier alpha value is -5.70. The molecule has 7 heterocycles. The third kappa shape index (κ3) is 10.2. The number of hydrogen-bond donors (Lipinski definition) is 4. The van der Waals surface area contributed by atoms with E-state index < -0.39 is 0 Å². The lowest BCUT2D eigenvalue weighted by Crippen LogP contribution is -2.15. The third-order valence-electron chi connectivity index (χ3n) is 15.3. The number of aromatic amines is 4. The van der Waals surface area contributed by atoms with E-state index in [4.69, 9.17) is 9.97 Å². The summed E-state index contributed by atoms with van der Waals surface area (Å²) in [6.07, 6.45) is 1.10. The lowest BCUT2D eigenvalue weighted by atomic mass is 9.86. The molecule has 6 nitrogen and oxygen atoms in total. The summed E-state index contributed by atoms with van der Waals surface area (Å²) in [5, 5.41) is 6.46. The molecule has 3 aromatic carbocycles. The molecular weight excluding hydrogens is 941 g/mol. The molecular formula is C66H82N6S2. The number of H-pyrrole nitrogens is 4. The van der Waals surface area contributed by atoms with E-state index in [0.29, 0.717) is 47.3 Å². The lowest BCUT2D eigenvalue weighted by molar-refractivity contribution is 0.633. The van der Waals surface area contributed by atoms with Gasteiger partial charge in [-0.3, -0.25) is 4.98 Å². The zero-order valence-corrected chi connectivity index (χ0v) is 49.3. The zero-order chi connectivity index (χ0) is 53.2. The summed E-state index contributed by atoms with van der Waals surface area (Å²) in [6.45, 7) is 40.3.